The number of ether oxygens (including phenoxy) is 1. The van der Waals surface area contributed by atoms with E-state index in [1.165, 1.54) is 4.31 Å². The first kappa shape index (κ1) is 17.3. The summed E-state index contributed by atoms with van der Waals surface area (Å²) in [4.78, 5) is 1.50. The van der Waals surface area contributed by atoms with Gasteiger partial charge in [0.05, 0.1) is 6.61 Å². The summed E-state index contributed by atoms with van der Waals surface area (Å²) in [6.07, 6.45) is 0. The smallest absolute Gasteiger partial charge is 0.246 e. The first-order valence-electron chi connectivity index (χ1n) is 7.04. The van der Waals surface area contributed by atoms with Gasteiger partial charge in [-0.1, -0.05) is 0 Å². The first-order valence-corrected chi connectivity index (χ1v) is 8.48. The largest absolute Gasteiger partial charge is 0.383 e. The van der Waals surface area contributed by atoms with Gasteiger partial charge >= 0.3 is 0 Å². The van der Waals surface area contributed by atoms with Gasteiger partial charge in [-0.3, -0.25) is 4.90 Å². The molecule has 1 atom stereocenters. The average molecular weight is 334 g/mol. The Bertz CT molecular complexity index is 617. The van der Waals surface area contributed by atoms with Crippen LogP contribution >= 0.6 is 0 Å². The molecule has 0 bridgehead atoms. The molecule has 1 aromatic rings. The van der Waals surface area contributed by atoms with Gasteiger partial charge in [0.15, 0.2) is 0 Å². The Morgan fingerprint density at radius 1 is 1.23 bits per heavy atom. The standard InChI is InChI=1S/C14H20F2N2O3S/c1-11(10-21-2)17-5-7-18(8-6-17)22(19,20)14-9-12(15)3-4-13(14)16/h3-4,9,11H,5-8,10H2,1-2H3. The molecular weight excluding hydrogens is 314 g/mol. The lowest BCUT2D eigenvalue weighted by molar-refractivity contribution is 0.0766. The molecule has 0 spiro atoms. The van der Waals surface area contributed by atoms with Crippen LogP contribution in [0.1, 0.15) is 6.92 Å². The van der Waals surface area contributed by atoms with Crippen LogP contribution in [0, 0.1) is 11.6 Å². The Labute approximate surface area is 129 Å². The summed E-state index contributed by atoms with van der Waals surface area (Å²) in [6, 6.07) is 2.64. The van der Waals surface area contributed by atoms with Gasteiger partial charge in [-0.15, -0.1) is 0 Å². The number of benzene rings is 1. The Kier molecular flexibility index (Phi) is 5.49. The number of methoxy groups -OCH3 is 1. The molecule has 0 aliphatic carbocycles. The summed E-state index contributed by atoms with van der Waals surface area (Å²) >= 11 is 0. The van der Waals surface area contributed by atoms with E-state index in [1.54, 1.807) is 7.11 Å². The van der Waals surface area contributed by atoms with Crippen LogP contribution in [0.3, 0.4) is 0 Å². The van der Waals surface area contributed by atoms with E-state index in [0.29, 0.717) is 19.7 Å². The van der Waals surface area contributed by atoms with Crippen molar-refractivity contribution in [3.8, 4) is 0 Å². The molecule has 1 heterocycles. The van der Waals surface area contributed by atoms with Crippen LogP contribution in [0.15, 0.2) is 23.1 Å². The lowest BCUT2D eigenvalue weighted by Crippen LogP contribution is -2.52. The molecule has 0 N–H and O–H groups in total. The highest BCUT2D eigenvalue weighted by Crippen LogP contribution is 2.22. The predicted molar refractivity (Wildman–Crippen MR) is 78.0 cm³/mol. The summed E-state index contributed by atoms with van der Waals surface area (Å²) in [5.74, 6) is -1.70. The van der Waals surface area contributed by atoms with Crippen molar-refractivity contribution < 1.29 is 21.9 Å². The van der Waals surface area contributed by atoms with E-state index < -0.39 is 26.6 Å². The maximum atomic E-state index is 13.7. The second kappa shape index (κ2) is 6.99. The van der Waals surface area contributed by atoms with E-state index in [1.807, 2.05) is 6.92 Å². The topological polar surface area (TPSA) is 49.9 Å². The summed E-state index contributed by atoms with van der Waals surface area (Å²) in [7, 11) is -2.40. The molecule has 0 aromatic heterocycles. The molecule has 1 aliphatic heterocycles. The number of nitrogens with zero attached hydrogens (tertiary/aromatic N) is 2. The molecular formula is C14H20F2N2O3S. The second-order valence-electron chi connectivity index (χ2n) is 5.32. The van der Waals surface area contributed by atoms with E-state index in [0.717, 1.165) is 18.2 Å². The number of sulfonamides is 1. The zero-order valence-corrected chi connectivity index (χ0v) is 13.4. The number of halogens is 2. The lowest BCUT2D eigenvalue weighted by atomic mass is 10.2. The van der Waals surface area contributed by atoms with Crippen LogP contribution in [0.4, 0.5) is 8.78 Å². The molecule has 1 unspecified atom stereocenters. The van der Waals surface area contributed by atoms with Crippen LogP contribution in [-0.4, -0.2) is 63.6 Å². The molecule has 2 rings (SSSR count). The maximum Gasteiger partial charge on any atom is 0.246 e. The van der Waals surface area contributed by atoms with E-state index in [2.05, 4.69) is 4.90 Å². The van der Waals surface area contributed by atoms with Crippen molar-refractivity contribution in [2.45, 2.75) is 17.9 Å². The predicted octanol–water partition coefficient (Wildman–Crippen LogP) is 1.31. The molecule has 1 aliphatic rings. The molecule has 8 heteroatoms. The van der Waals surface area contributed by atoms with Gasteiger partial charge in [0.2, 0.25) is 10.0 Å². The lowest BCUT2D eigenvalue weighted by Gasteiger charge is -2.37. The van der Waals surface area contributed by atoms with Crippen LogP contribution in [0.25, 0.3) is 0 Å². The fraction of sp³-hybridized carbons (Fsp3) is 0.571. The van der Waals surface area contributed by atoms with Gasteiger partial charge in [0, 0.05) is 39.3 Å². The SMILES string of the molecule is COCC(C)N1CCN(S(=O)(=O)c2cc(F)ccc2F)CC1. The summed E-state index contributed by atoms with van der Waals surface area (Å²) in [5.41, 5.74) is 0. The number of hydrogen-bond acceptors (Lipinski definition) is 4. The highest BCUT2D eigenvalue weighted by Gasteiger charge is 2.32. The molecule has 124 valence electrons. The Morgan fingerprint density at radius 2 is 1.86 bits per heavy atom. The van der Waals surface area contributed by atoms with Crippen LogP contribution in [0.2, 0.25) is 0 Å². The van der Waals surface area contributed by atoms with E-state index in [9.17, 15) is 17.2 Å². The summed E-state index contributed by atoms with van der Waals surface area (Å²) < 4.78 is 58.1. The summed E-state index contributed by atoms with van der Waals surface area (Å²) in [6.45, 7) is 4.10. The minimum atomic E-state index is -4.02. The number of piperazine rings is 1. The van der Waals surface area contributed by atoms with E-state index in [-0.39, 0.29) is 19.1 Å². The van der Waals surface area contributed by atoms with Crippen molar-refractivity contribution in [2.24, 2.45) is 0 Å². The van der Waals surface area contributed by atoms with Crippen molar-refractivity contribution in [2.75, 3.05) is 39.9 Å². The van der Waals surface area contributed by atoms with Gasteiger partial charge in [0.1, 0.15) is 16.5 Å². The Balaban J connectivity index is 2.11. The fourth-order valence-corrected chi connectivity index (χ4v) is 4.04. The van der Waals surface area contributed by atoms with Gasteiger partial charge in [-0.2, -0.15) is 4.31 Å². The quantitative estimate of drug-likeness (QED) is 0.815. The molecule has 0 saturated carbocycles. The minimum absolute atomic E-state index is 0.181. The molecule has 1 saturated heterocycles. The van der Waals surface area contributed by atoms with Crippen molar-refractivity contribution in [1.29, 1.82) is 0 Å². The van der Waals surface area contributed by atoms with Crippen molar-refractivity contribution in [1.82, 2.24) is 9.21 Å². The number of rotatable bonds is 5. The first-order chi connectivity index (χ1) is 10.4. The third-order valence-electron chi connectivity index (χ3n) is 3.82. The Hall–Kier alpha value is -1.09. The van der Waals surface area contributed by atoms with Crippen molar-refractivity contribution in [3.63, 3.8) is 0 Å². The minimum Gasteiger partial charge on any atom is -0.383 e. The number of hydrogen-bond donors (Lipinski definition) is 0. The molecule has 1 fully saturated rings. The molecule has 0 amide bonds. The van der Waals surface area contributed by atoms with Gasteiger partial charge in [0.25, 0.3) is 0 Å². The molecule has 0 radical (unpaired) electrons. The van der Waals surface area contributed by atoms with Crippen LogP contribution in [0.5, 0.6) is 0 Å². The van der Waals surface area contributed by atoms with Crippen LogP contribution in [-0.2, 0) is 14.8 Å². The maximum absolute atomic E-state index is 13.7. The van der Waals surface area contributed by atoms with Gasteiger partial charge in [-0.05, 0) is 25.1 Å². The monoisotopic (exact) mass is 334 g/mol. The van der Waals surface area contributed by atoms with Crippen LogP contribution < -0.4 is 0 Å². The third kappa shape index (κ3) is 3.62. The van der Waals surface area contributed by atoms with Crippen molar-refractivity contribution >= 4 is 10.0 Å². The Morgan fingerprint density at radius 3 is 2.45 bits per heavy atom. The highest BCUT2D eigenvalue weighted by atomic mass is 32.2. The molecule has 22 heavy (non-hydrogen) atoms. The summed E-state index contributed by atoms with van der Waals surface area (Å²) in [5, 5.41) is 0. The highest BCUT2D eigenvalue weighted by molar-refractivity contribution is 7.89. The van der Waals surface area contributed by atoms with Gasteiger partial charge < -0.3 is 4.74 Å². The second-order valence-corrected chi connectivity index (χ2v) is 7.23. The normalized spacial score (nSPS) is 19.3. The van der Waals surface area contributed by atoms with Gasteiger partial charge in [-0.25, -0.2) is 17.2 Å². The zero-order valence-electron chi connectivity index (χ0n) is 12.6. The van der Waals surface area contributed by atoms with E-state index >= 15 is 0 Å². The zero-order chi connectivity index (χ0) is 16.3. The average Bonchev–Trinajstić information content (AvgIpc) is 2.50. The third-order valence-corrected chi connectivity index (χ3v) is 5.73. The van der Waals surface area contributed by atoms with Crippen molar-refractivity contribution in [3.05, 3.63) is 29.8 Å². The fourth-order valence-electron chi connectivity index (χ4n) is 2.55. The molecule has 1 aromatic carbocycles. The molecule has 5 nitrogen and oxygen atoms in total. The van der Waals surface area contributed by atoms with E-state index in [4.69, 9.17) is 4.74 Å².